The summed E-state index contributed by atoms with van der Waals surface area (Å²) in [5.41, 5.74) is 7.03. The Bertz CT molecular complexity index is 1260. The van der Waals surface area contributed by atoms with E-state index in [2.05, 4.69) is 51.7 Å². The van der Waals surface area contributed by atoms with Crippen molar-refractivity contribution in [1.82, 2.24) is 4.90 Å². The highest BCUT2D eigenvalue weighted by molar-refractivity contribution is 6.30. The van der Waals surface area contributed by atoms with E-state index in [4.69, 9.17) is 16.0 Å². The molecular formula is C31H37ClN2O2. The Labute approximate surface area is 220 Å². The van der Waals surface area contributed by atoms with Gasteiger partial charge in [0.2, 0.25) is 0 Å². The minimum atomic E-state index is -0.0259. The lowest BCUT2D eigenvalue weighted by Crippen LogP contribution is -2.48. The molecule has 3 aromatic rings. The number of halogens is 1. The number of nitrogens with zero attached hydrogens (tertiary/aromatic N) is 2. The maximum Gasteiger partial charge on any atom is 0.289 e. The molecule has 1 fully saturated rings. The Morgan fingerprint density at radius 2 is 1.50 bits per heavy atom. The second-order valence-electron chi connectivity index (χ2n) is 11.8. The van der Waals surface area contributed by atoms with E-state index in [1.54, 1.807) is 0 Å². The number of anilines is 1. The van der Waals surface area contributed by atoms with Crippen LogP contribution < -0.4 is 4.90 Å². The van der Waals surface area contributed by atoms with Crippen LogP contribution in [0.1, 0.15) is 79.1 Å². The molecule has 0 bridgehead atoms. The van der Waals surface area contributed by atoms with Crippen molar-refractivity contribution in [2.75, 3.05) is 31.1 Å². The fourth-order valence-corrected chi connectivity index (χ4v) is 5.83. The molecule has 5 heteroatoms. The van der Waals surface area contributed by atoms with Crippen molar-refractivity contribution in [2.24, 2.45) is 0 Å². The Hall–Kier alpha value is -2.72. The van der Waals surface area contributed by atoms with Gasteiger partial charge in [-0.15, -0.1) is 0 Å². The van der Waals surface area contributed by atoms with E-state index < -0.39 is 0 Å². The minimum Gasteiger partial charge on any atom is -0.456 e. The van der Waals surface area contributed by atoms with Crippen molar-refractivity contribution in [3.63, 3.8) is 0 Å². The van der Waals surface area contributed by atoms with Crippen LogP contribution in [0.5, 0.6) is 0 Å². The van der Waals surface area contributed by atoms with Gasteiger partial charge in [-0.1, -0.05) is 51.4 Å². The van der Waals surface area contributed by atoms with Gasteiger partial charge in [-0.25, -0.2) is 0 Å². The summed E-state index contributed by atoms with van der Waals surface area (Å²) in [4.78, 5) is 17.3. The summed E-state index contributed by atoms with van der Waals surface area (Å²) >= 11 is 6.02. The first-order chi connectivity index (χ1) is 17.0. The molecule has 0 N–H and O–H groups in total. The summed E-state index contributed by atoms with van der Waals surface area (Å²) in [5, 5.41) is 0.735. The first kappa shape index (κ1) is 25.0. The molecule has 190 valence electrons. The van der Waals surface area contributed by atoms with Gasteiger partial charge in [-0.05, 0) is 89.2 Å². The second-order valence-corrected chi connectivity index (χ2v) is 12.2. The molecule has 0 atom stereocenters. The average Bonchev–Trinajstić information content (AvgIpc) is 3.32. The summed E-state index contributed by atoms with van der Waals surface area (Å²) in [6, 6.07) is 16.5. The van der Waals surface area contributed by atoms with Crippen molar-refractivity contribution in [3.05, 3.63) is 87.3 Å². The second kappa shape index (κ2) is 9.30. The third kappa shape index (κ3) is 4.80. The third-order valence-electron chi connectivity index (χ3n) is 8.31. The van der Waals surface area contributed by atoms with Crippen LogP contribution in [0.15, 0.2) is 52.9 Å². The highest BCUT2D eigenvalue weighted by Crippen LogP contribution is 2.46. The number of hydrogen-bond acceptors (Lipinski definition) is 3. The lowest BCUT2D eigenvalue weighted by molar-refractivity contribution is 0.0713. The maximum atomic E-state index is 13.2. The van der Waals surface area contributed by atoms with Gasteiger partial charge in [0, 0.05) is 43.3 Å². The third-order valence-corrected chi connectivity index (χ3v) is 8.56. The number of aryl methyl sites for hydroxylation is 1. The van der Waals surface area contributed by atoms with E-state index in [9.17, 15) is 4.79 Å². The Morgan fingerprint density at radius 1 is 0.889 bits per heavy atom. The SMILES string of the molecule is Cc1cc2c(cc1Cc1ccc(C(=O)N3CCN(c4ccc(Cl)cc4)CC3)o1)C(C)(C)CCC2(C)C. The zero-order valence-electron chi connectivity index (χ0n) is 22.2. The van der Waals surface area contributed by atoms with Gasteiger partial charge in [0.25, 0.3) is 5.91 Å². The molecule has 1 aromatic heterocycles. The molecular weight excluding hydrogens is 468 g/mol. The Morgan fingerprint density at radius 3 is 2.14 bits per heavy atom. The Kier molecular flexibility index (Phi) is 6.45. The van der Waals surface area contributed by atoms with Crippen molar-refractivity contribution in [1.29, 1.82) is 0 Å². The standard InChI is InChI=1S/C31H37ClN2O2/c1-21-18-26-27(31(4,5)13-12-30(26,2)3)20-22(21)19-25-10-11-28(36-25)29(35)34-16-14-33(15-17-34)24-8-6-23(32)7-9-24/h6-11,18,20H,12-17,19H2,1-5H3. The summed E-state index contributed by atoms with van der Waals surface area (Å²) in [6.07, 6.45) is 3.11. The van der Waals surface area contributed by atoms with Gasteiger partial charge in [0.15, 0.2) is 5.76 Å². The number of furan rings is 1. The summed E-state index contributed by atoms with van der Waals surface area (Å²) in [6.45, 7) is 14.6. The topological polar surface area (TPSA) is 36.7 Å². The first-order valence-corrected chi connectivity index (χ1v) is 13.4. The first-order valence-electron chi connectivity index (χ1n) is 13.1. The van der Waals surface area contributed by atoms with Crippen molar-refractivity contribution >= 4 is 23.2 Å². The molecule has 0 radical (unpaired) electrons. The zero-order chi connectivity index (χ0) is 25.7. The van der Waals surface area contributed by atoms with Gasteiger partial charge in [0.1, 0.15) is 5.76 Å². The molecule has 2 aliphatic rings. The van der Waals surface area contributed by atoms with Crippen LogP contribution in [0.3, 0.4) is 0 Å². The molecule has 1 aliphatic heterocycles. The average molecular weight is 505 g/mol. The van der Waals surface area contributed by atoms with E-state index in [0.29, 0.717) is 25.3 Å². The molecule has 2 heterocycles. The smallest absolute Gasteiger partial charge is 0.289 e. The lowest BCUT2D eigenvalue weighted by Gasteiger charge is -2.42. The number of hydrogen-bond donors (Lipinski definition) is 0. The molecule has 1 aliphatic carbocycles. The predicted molar refractivity (Wildman–Crippen MR) is 148 cm³/mol. The summed E-state index contributed by atoms with van der Waals surface area (Å²) in [7, 11) is 0. The van der Waals surface area contributed by atoms with Gasteiger partial charge < -0.3 is 14.2 Å². The fraction of sp³-hybridized carbons (Fsp3) is 0.452. The monoisotopic (exact) mass is 504 g/mol. The number of rotatable bonds is 4. The van der Waals surface area contributed by atoms with E-state index in [1.807, 2.05) is 41.3 Å². The van der Waals surface area contributed by atoms with Crippen LogP contribution in [0.25, 0.3) is 0 Å². The van der Waals surface area contributed by atoms with Crippen LogP contribution in [0.2, 0.25) is 5.02 Å². The van der Waals surface area contributed by atoms with Crippen LogP contribution in [0.4, 0.5) is 5.69 Å². The normalized spacial score (nSPS) is 18.7. The molecule has 2 aromatic carbocycles. The van der Waals surface area contributed by atoms with Crippen molar-refractivity contribution < 1.29 is 9.21 Å². The van der Waals surface area contributed by atoms with Crippen molar-refractivity contribution in [2.45, 2.75) is 64.7 Å². The predicted octanol–water partition coefficient (Wildman–Crippen LogP) is 7.14. The molecule has 1 saturated heterocycles. The molecule has 1 amide bonds. The Balaban J connectivity index is 1.28. The number of carbonyl (C=O) groups excluding carboxylic acids is 1. The van der Waals surface area contributed by atoms with Gasteiger partial charge in [0.05, 0.1) is 0 Å². The number of carbonyl (C=O) groups is 1. The number of piperazine rings is 1. The number of fused-ring (bicyclic) bond motifs is 1. The summed E-state index contributed by atoms with van der Waals surface area (Å²) < 4.78 is 6.10. The quantitative estimate of drug-likeness (QED) is 0.378. The highest BCUT2D eigenvalue weighted by atomic mass is 35.5. The van der Waals surface area contributed by atoms with Crippen LogP contribution >= 0.6 is 11.6 Å². The van der Waals surface area contributed by atoms with E-state index in [0.717, 1.165) is 29.6 Å². The molecule has 0 spiro atoms. The maximum absolute atomic E-state index is 13.2. The molecule has 0 saturated carbocycles. The van der Waals surface area contributed by atoms with Crippen LogP contribution in [-0.4, -0.2) is 37.0 Å². The minimum absolute atomic E-state index is 0.0259. The largest absolute Gasteiger partial charge is 0.456 e. The van der Waals surface area contributed by atoms with E-state index in [1.165, 1.54) is 35.1 Å². The highest BCUT2D eigenvalue weighted by Gasteiger charge is 2.37. The number of amides is 1. The van der Waals surface area contributed by atoms with Gasteiger partial charge in [-0.2, -0.15) is 0 Å². The van der Waals surface area contributed by atoms with Crippen molar-refractivity contribution in [3.8, 4) is 0 Å². The zero-order valence-corrected chi connectivity index (χ0v) is 22.9. The lowest BCUT2D eigenvalue weighted by atomic mass is 9.62. The molecule has 5 rings (SSSR count). The fourth-order valence-electron chi connectivity index (χ4n) is 5.71. The van der Waals surface area contributed by atoms with Crippen LogP contribution in [-0.2, 0) is 17.3 Å². The van der Waals surface area contributed by atoms with Crippen LogP contribution in [0, 0.1) is 6.92 Å². The van der Waals surface area contributed by atoms with E-state index >= 15 is 0 Å². The van der Waals surface area contributed by atoms with E-state index in [-0.39, 0.29) is 16.7 Å². The number of benzene rings is 2. The molecule has 36 heavy (non-hydrogen) atoms. The van der Waals surface area contributed by atoms with Gasteiger partial charge >= 0.3 is 0 Å². The van der Waals surface area contributed by atoms with Gasteiger partial charge in [-0.3, -0.25) is 4.79 Å². The molecule has 4 nitrogen and oxygen atoms in total. The summed E-state index contributed by atoms with van der Waals surface area (Å²) in [5.74, 6) is 1.25. The molecule has 0 unspecified atom stereocenters.